The van der Waals surface area contributed by atoms with E-state index in [9.17, 15) is 4.79 Å². The number of ketones is 1. The monoisotopic (exact) mass is 297 g/mol. The normalized spacial score (nSPS) is 20.7. The van der Waals surface area contributed by atoms with Gasteiger partial charge >= 0.3 is 0 Å². The molecule has 0 saturated carbocycles. The zero-order valence-electron chi connectivity index (χ0n) is 12.1. The lowest BCUT2D eigenvalue weighted by atomic mass is 9.99. The van der Waals surface area contributed by atoms with Gasteiger partial charge in [0.15, 0.2) is 5.78 Å². The lowest BCUT2D eigenvalue weighted by Crippen LogP contribution is -2.09. The summed E-state index contributed by atoms with van der Waals surface area (Å²) in [6.07, 6.45) is 9.91. The molecule has 108 valence electrons. The van der Waals surface area contributed by atoms with Crippen LogP contribution in [0.5, 0.6) is 0 Å². The second-order valence-electron chi connectivity index (χ2n) is 6.12. The van der Waals surface area contributed by atoms with Crippen molar-refractivity contribution < 1.29 is 4.79 Å². The predicted octanol–water partition coefficient (Wildman–Crippen LogP) is 4.32. The fourth-order valence-electron chi connectivity index (χ4n) is 3.63. The summed E-state index contributed by atoms with van der Waals surface area (Å²) >= 11 is 1.74. The van der Waals surface area contributed by atoms with E-state index in [-0.39, 0.29) is 5.92 Å². The predicted molar refractivity (Wildman–Crippen MR) is 85.2 cm³/mol. The Morgan fingerprint density at radius 3 is 3.00 bits per heavy atom. The average molecular weight is 297 g/mol. The molecule has 2 aliphatic rings. The number of Topliss-reactive ketones (excluding diaryl/α,β-unsaturated/α-hetero) is 1. The lowest BCUT2D eigenvalue weighted by molar-refractivity contribution is 0.0962. The van der Waals surface area contributed by atoms with Crippen molar-refractivity contribution in [2.45, 2.75) is 50.9 Å². The summed E-state index contributed by atoms with van der Waals surface area (Å²) in [4.78, 5) is 19.8. The highest BCUT2D eigenvalue weighted by atomic mass is 32.1. The molecule has 2 heterocycles. The van der Waals surface area contributed by atoms with Crippen LogP contribution < -0.4 is 0 Å². The Balaban J connectivity index is 1.64. The van der Waals surface area contributed by atoms with Crippen LogP contribution in [0.4, 0.5) is 0 Å². The molecule has 4 rings (SSSR count). The minimum Gasteiger partial charge on any atom is -0.293 e. The van der Waals surface area contributed by atoms with Gasteiger partial charge in [-0.25, -0.2) is 0 Å². The van der Waals surface area contributed by atoms with Crippen molar-refractivity contribution >= 4 is 17.1 Å². The van der Waals surface area contributed by atoms with Gasteiger partial charge in [-0.3, -0.25) is 9.78 Å². The molecule has 2 aliphatic carbocycles. The van der Waals surface area contributed by atoms with E-state index in [4.69, 9.17) is 0 Å². The van der Waals surface area contributed by atoms with E-state index in [0.717, 1.165) is 36.3 Å². The molecule has 21 heavy (non-hydrogen) atoms. The molecule has 2 nitrogen and oxygen atoms in total. The van der Waals surface area contributed by atoms with Gasteiger partial charge in [0.1, 0.15) is 0 Å². The number of hydrogen-bond acceptors (Lipinski definition) is 3. The summed E-state index contributed by atoms with van der Waals surface area (Å²) < 4.78 is 0. The molecule has 0 radical (unpaired) electrons. The average Bonchev–Trinajstić information content (AvgIpc) is 3.05. The summed E-state index contributed by atoms with van der Waals surface area (Å²) in [5.41, 5.74) is 3.71. The molecular weight excluding hydrogens is 278 g/mol. The molecule has 1 atom stereocenters. The molecule has 0 aromatic carbocycles. The van der Waals surface area contributed by atoms with Gasteiger partial charge in [0, 0.05) is 11.1 Å². The largest absolute Gasteiger partial charge is 0.293 e. The first-order valence-corrected chi connectivity index (χ1v) is 8.74. The quantitative estimate of drug-likeness (QED) is 0.610. The van der Waals surface area contributed by atoms with Crippen molar-refractivity contribution in [1.29, 1.82) is 0 Å². The van der Waals surface area contributed by atoms with E-state index in [0.29, 0.717) is 5.78 Å². The molecule has 0 bridgehead atoms. The molecule has 0 amide bonds. The van der Waals surface area contributed by atoms with E-state index in [1.165, 1.54) is 35.3 Å². The smallest absolute Gasteiger partial charge is 0.181 e. The summed E-state index contributed by atoms with van der Waals surface area (Å²) in [5, 5.41) is 0. The van der Waals surface area contributed by atoms with Crippen LogP contribution >= 0.6 is 11.3 Å². The molecule has 2 aromatic rings. The van der Waals surface area contributed by atoms with Gasteiger partial charge in [0.05, 0.1) is 16.5 Å². The standard InChI is InChI=1S/C18H19NOS/c20-18(14-9-8-12-6-4-10-19-17(12)14)16-11-13-5-2-1-3-7-15(13)21-16/h4,6,10-11,14H,1-3,5,7-9H2. The summed E-state index contributed by atoms with van der Waals surface area (Å²) in [6.45, 7) is 0. The first-order valence-electron chi connectivity index (χ1n) is 7.92. The number of pyridine rings is 1. The van der Waals surface area contributed by atoms with E-state index in [1.807, 2.05) is 12.3 Å². The number of aromatic nitrogens is 1. The Morgan fingerprint density at radius 2 is 2.05 bits per heavy atom. The Bertz CT molecular complexity index is 665. The number of hydrogen-bond donors (Lipinski definition) is 0. The Morgan fingerprint density at radius 1 is 1.14 bits per heavy atom. The molecular formula is C18H19NOS. The summed E-state index contributed by atoms with van der Waals surface area (Å²) in [7, 11) is 0. The van der Waals surface area contributed by atoms with E-state index in [1.54, 1.807) is 11.3 Å². The third kappa shape index (κ3) is 2.34. The van der Waals surface area contributed by atoms with Gasteiger partial charge in [-0.05, 0) is 61.8 Å². The topological polar surface area (TPSA) is 30.0 Å². The molecule has 3 heteroatoms. The van der Waals surface area contributed by atoms with Crippen LogP contribution in [0, 0.1) is 0 Å². The van der Waals surface area contributed by atoms with E-state index < -0.39 is 0 Å². The summed E-state index contributed by atoms with van der Waals surface area (Å²) in [5.74, 6) is 0.286. The molecule has 1 unspecified atom stereocenters. The van der Waals surface area contributed by atoms with Gasteiger partial charge in [-0.1, -0.05) is 12.5 Å². The highest BCUT2D eigenvalue weighted by Crippen LogP contribution is 2.37. The number of rotatable bonds is 2. The van der Waals surface area contributed by atoms with Crippen molar-refractivity contribution in [3.63, 3.8) is 0 Å². The fourth-order valence-corrected chi connectivity index (χ4v) is 4.88. The number of aryl methyl sites for hydroxylation is 3. The third-order valence-electron chi connectivity index (χ3n) is 4.76. The Hall–Kier alpha value is -1.48. The SMILES string of the molecule is O=C(c1cc2c(s1)CCCCC2)C1CCc2cccnc21. The number of nitrogens with zero attached hydrogens (tertiary/aromatic N) is 1. The van der Waals surface area contributed by atoms with Crippen molar-refractivity contribution in [3.05, 3.63) is 51.0 Å². The number of fused-ring (bicyclic) bond motifs is 2. The first-order chi connectivity index (χ1) is 10.3. The van der Waals surface area contributed by atoms with E-state index >= 15 is 0 Å². The maximum Gasteiger partial charge on any atom is 0.181 e. The third-order valence-corrected chi connectivity index (χ3v) is 6.02. The minimum atomic E-state index is -0.0107. The van der Waals surface area contributed by atoms with Crippen molar-refractivity contribution in [1.82, 2.24) is 4.98 Å². The summed E-state index contributed by atoms with van der Waals surface area (Å²) in [6, 6.07) is 6.26. The second kappa shape index (κ2) is 5.38. The van der Waals surface area contributed by atoms with Crippen LogP contribution in [0.15, 0.2) is 24.4 Å². The van der Waals surface area contributed by atoms with Crippen molar-refractivity contribution in [2.75, 3.05) is 0 Å². The highest BCUT2D eigenvalue weighted by Gasteiger charge is 2.31. The number of thiophene rings is 1. The zero-order valence-corrected chi connectivity index (χ0v) is 12.9. The van der Waals surface area contributed by atoms with Crippen LogP contribution in [-0.4, -0.2) is 10.8 Å². The van der Waals surface area contributed by atoms with Crippen LogP contribution in [0.1, 0.15) is 63.0 Å². The van der Waals surface area contributed by atoms with Crippen LogP contribution in [0.2, 0.25) is 0 Å². The lowest BCUT2D eigenvalue weighted by Gasteiger charge is -2.07. The Labute approximate surface area is 129 Å². The van der Waals surface area contributed by atoms with Gasteiger partial charge in [-0.2, -0.15) is 0 Å². The second-order valence-corrected chi connectivity index (χ2v) is 7.26. The molecule has 0 saturated heterocycles. The zero-order chi connectivity index (χ0) is 14.2. The van der Waals surface area contributed by atoms with Crippen LogP contribution in [0.25, 0.3) is 0 Å². The molecule has 2 aromatic heterocycles. The van der Waals surface area contributed by atoms with Gasteiger partial charge in [0.2, 0.25) is 0 Å². The molecule has 0 N–H and O–H groups in total. The highest BCUT2D eigenvalue weighted by molar-refractivity contribution is 7.14. The van der Waals surface area contributed by atoms with Gasteiger partial charge in [-0.15, -0.1) is 11.3 Å². The van der Waals surface area contributed by atoms with Crippen molar-refractivity contribution in [2.24, 2.45) is 0 Å². The number of carbonyl (C=O) groups is 1. The first kappa shape index (κ1) is 13.2. The van der Waals surface area contributed by atoms with Crippen molar-refractivity contribution in [3.8, 4) is 0 Å². The van der Waals surface area contributed by atoms with Crippen LogP contribution in [-0.2, 0) is 19.3 Å². The van der Waals surface area contributed by atoms with Crippen LogP contribution in [0.3, 0.4) is 0 Å². The number of carbonyl (C=O) groups excluding carboxylic acids is 1. The minimum absolute atomic E-state index is 0.0107. The maximum absolute atomic E-state index is 12.9. The van der Waals surface area contributed by atoms with Gasteiger partial charge in [0.25, 0.3) is 0 Å². The van der Waals surface area contributed by atoms with Gasteiger partial charge < -0.3 is 0 Å². The molecule has 0 fully saturated rings. The molecule has 0 aliphatic heterocycles. The molecule has 0 spiro atoms. The van der Waals surface area contributed by atoms with E-state index in [2.05, 4.69) is 17.1 Å². The Kier molecular flexibility index (Phi) is 3.38. The maximum atomic E-state index is 12.9. The fraction of sp³-hybridized carbons (Fsp3) is 0.444.